The number of nitrogens with zero attached hydrogens (tertiary/aromatic N) is 2. The zero-order valence-corrected chi connectivity index (χ0v) is 15.7. The molecule has 0 fully saturated rings. The molecule has 0 bridgehead atoms. The van der Waals surface area contributed by atoms with Gasteiger partial charge in [-0.1, -0.05) is 36.4 Å². The number of nitrogens with one attached hydrogen (secondary N) is 2. The quantitative estimate of drug-likeness (QED) is 0.432. The van der Waals surface area contributed by atoms with E-state index >= 15 is 0 Å². The molecular formula is C21H20N4OS. The number of hydrogen-bond donors (Lipinski definition) is 3. The number of aliphatic hydroxyl groups is 1. The van der Waals surface area contributed by atoms with Crippen LogP contribution in [0.1, 0.15) is 11.6 Å². The molecule has 27 heavy (non-hydrogen) atoms. The minimum Gasteiger partial charge on any atom is -0.394 e. The van der Waals surface area contributed by atoms with Gasteiger partial charge in [0.25, 0.3) is 0 Å². The molecule has 6 heteroatoms. The largest absolute Gasteiger partial charge is 0.394 e. The average Bonchev–Trinajstić information content (AvgIpc) is 3.15. The van der Waals surface area contributed by atoms with Gasteiger partial charge in [-0.05, 0) is 35.6 Å². The summed E-state index contributed by atoms with van der Waals surface area (Å²) in [5.74, 6) is 0. The highest BCUT2D eigenvalue weighted by Crippen LogP contribution is 2.30. The Hall–Kier alpha value is -2.83. The standard InChI is InChI=1S/C21H20N4OS/c1-27-21-18-10-15(7-8-19(18)24-25-21)16-9-17(12-22-11-16)23-20(13-26)14-5-3-2-4-6-14/h2-12,20,23,26H,13H2,1H3,(H,24,25). The molecule has 4 rings (SSSR count). The van der Waals surface area contributed by atoms with Gasteiger partial charge < -0.3 is 10.4 Å². The predicted octanol–water partition coefficient (Wildman–Crippen LogP) is 4.49. The number of H-pyrrole nitrogens is 1. The van der Waals surface area contributed by atoms with E-state index in [1.165, 1.54) is 0 Å². The van der Waals surface area contributed by atoms with Gasteiger partial charge in [0.05, 0.1) is 23.9 Å². The van der Waals surface area contributed by atoms with Crippen molar-refractivity contribution in [2.45, 2.75) is 11.1 Å². The second-order valence-corrected chi connectivity index (χ2v) is 7.04. The van der Waals surface area contributed by atoms with E-state index in [0.29, 0.717) is 0 Å². The number of fused-ring (bicyclic) bond motifs is 1. The number of rotatable bonds is 6. The summed E-state index contributed by atoms with van der Waals surface area (Å²) >= 11 is 1.62. The summed E-state index contributed by atoms with van der Waals surface area (Å²) < 4.78 is 0. The van der Waals surface area contributed by atoms with E-state index in [1.807, 2.05) is 48.9 Å². The van der Waals surface area contributed by atoms with Crippen molar-refractivity contribution >= 4 is 28.4 Å². The van der Waals surface area contributed by atoms with E-state index in [1.54, 1.807) is 18.0 Å². The van der Waals surface area contributed by atoms with Gasteiger partial charge in [0.1, 0.15) is 5.03 Å². The van der Waals surface area contributed by atoms with Crippen LogP contribution in [0.15, 0.2) is 72.0 Å². The van der Waals surface area contributed by atoms with Gasteiger partial charge in [0, 0.05) is 23.3 Å². The number of hydrogen-bond acceptors (Lipinski definition) is 5. The van der Waals surface area contributed by atoms with Crippen LogP contribution in [0.4, 0.5) is 5.69 Å². The Balaban J connectivity index is 1.64. The Morgan fingerprint density at radius 3 is 2.70 bits per heavy atom. The maximum absolute atomic E-state index is 9.78. The van der Waals surface area contributed by atoms with Crippen molar-refractivity contribution in [1.29, 1.82) is 0 Å². The lowest BCUT2D eigenvalue weighted by Gasteiger charge is -2.18. The molecule has 136 valence electrons. The van der Waals surface area contributed by atoms with Crippen LogP contribution in [-0.4, -0.2) is 33.2 Å². The smallest absolute Gasteiger partial charge is 0.126 e. The van der Waals surface area contributed by atoms with Crippen molar-refractivity contribution in [3.8, 4) is 11.1 Å². The van der Waals surface area contributed by atoms with E-state index < -0.39 is 0 Å². The van der Waals surface area contributed by atoms with Crippen LogP contribution in [0, 0.1) is 0 Å². The highest BCUT2D eigenvalue weighted by molar-refractivity contribution is 7.98. The van der Waals surface area contributed by atoms with Crippen LogP contribution in [0.2, 0.25) is 0 Å². The van der Waals surface area contributed by atoms with Crippen molar-refractivity contribution in [3.05, 3.63) is 72.6 Å². The Kier molecular flexibility index (Phi) is 5.09. The monoisotopic (exact) mass is 376 g/mol. The van der Waals surface area contributed by atoms with Gasteiger partial charge in [0.15, 0.2) is 0 Å². The van der Waals surface area contributed by atoms with Gasteiger partial charge in [-0.25, -0.2) is 0 Å². The van der Waals surface area contributed by atoms with E-state index in [0.717, 1.165) is 38.3 Å². The molecular weight excluding hydrogens is 356 g/mol. The minimum absolute atomic E-state index is 0.00625. The fourth-order valence-electron chi connectivity index (χ4n) is 3.12. The molecule has 0 aliphatic carbocycles. The van der Waals surface area contributed by atoms with Gasteiger partial charge in [-0.3, -0.25) is 10.1 Å². The van der Waals surface area contributed by atoms with Crippen LogP contribution in [0.3, 0.4) is 0 Å². The van der Waals surface area contributed by atoms with Gasteiger partial charge >= 0.3 is 0 Å². The first-order valence-electron chi connectivity index (χ1n) is 8.68. The molecule has 0 aliphatic rings. The van der Waals surface area contributed by atoms with E-state index in [2.05, 4.69) is 38.7 Å². The SMILES string of the molecule is CSc1n[nH]c2ccc(-c3cncc(NC(CO)c4ccccc4)c3)cc12. The minimum atomic E-state index is -0.178. The topological polar surface area (TPSA) is 73.8 Å². The third-order valence-electron chi connectivity index (χ3n) is 4.52. The van der Waals surface area contributed by atoms with Crippen molar-refractivity contribution < 1.29 is 5.11 Å². The van der Waals surface area contributed by atoms with Crippen molar-refractivity contribution in [2.24, 2.45) is 0 Å². The molecule has 0 amide bonds. The third kappa shape index (κ3) is 3.67. The second-order valence-electron chi connectivity index (χ2n) is 6.25. The molecule has 2 aromatic heterocycles. The number of benzene rings is 2. The normalized spacial score (nSPS) is 12.2. The lowest BCUT2D eigenvalue weighted by molar-refractivity contribution is 0.276. The second kappa shape index (κ2) is 7.82. The summed E-state index contributed by atoms with van der Waals surface area (Å²) in [5.41, 5.74) is 5.02. The maximum atomic E-state index is 9.78. The highest BCUT2D eigenvalue weighted by Gasteiger charge is 2.11. The summed E-state index contributed by atoms with van der Waals surface area (Å²) in [4.78, 5) is 4.38. The molecule has 2 aromatic carbocycles. The summed E-state index contributed by atoms with van der Waals surface area (Å²) in [6, 6.07) is 18.0. The maximum Gasteiger partial charge on any atom is 0.126 e. The first-order valence-corrected chi connectivity index (χ1v) is 9.91. The molecule has 3 N–H and O–H groups in total. The molecule has 0 saturated heterocycles. The van der Waals surface area contributed by atoms with Crippen molar-refractivity contribution in [3.63, 3.8) is 0 Å². The predicted molar refractivity (Wildman–Crippen MR) is 111 cm³/mol. The number of thioether (sulfide) groups is 1. The summed E-state index contributed by atoms with van der Waals surface area (Å²) in [7, 11) is 0. The number of anilines is 1. The van der Waals surface area contributed by atoms with E-state index in [4.69, 9.17) is 0 Å². The molecule has 2 heterocycles. The van der Waals surface area contributed by atoms with E-state index in [9.17, 15) is 5.11 Å². The number of aromatic amines is 1. The summed E-state index contributed by atoms with van der Waals surface area (Å²) in [6.45, 7) is 0.00625. The lowest BCUT2D eigenvalue weighted by Crippen LogP contribution is -2.14. The Morgan fingerprint density at radius 2 is 1.93 bits per heavy atom. The first-order chi connectivity index (χ1) is 13.3. The zero-order valence-electron chi connectivity index (χ0n) is 14.9. The van der Waals surface area contributed by atoms with Crippen LogP contribution in [0.5, 0.6) is 0 Å². The molecule has 0 radical (unpaired) electrons. The highest BCUT2D eigenvalue weighted by atomic mass is 32.2. The third-order valence-corrected chi connectivity index (χ3v) is 5.22. The molecule has 1 atom stereocenters. The van der Waals surface area contributed by atoms with Crippen LogP contribution in [-0.2, 0) is 0 Å². The fourth-order valence-corrected chi connectivity index (χ4v) is 3.65. The summed E-state index contributed by atoms with van der Waals surface area (Å²) in [6.07, 6.45) is 5.65. The van der Waals surface area contributed by atoms with Gasteiger partial charge in [-0.15, -0.1) is 11.8 Å². The number of aliphatic hydroxyl groups excluding tert-OH is 1. The van der Waals surface area contributed by atoms with Gasteiger partial charge in [0.2, 0.25) is 0 Å². The van der Waals surface area contributed by atoms with Gasteiger partial charge in [-0.2, -0.15) is 5.10 Å². The molecule has 4 aromatic rings. The fraction of sp³-hybridized carbons (Fsp3) is 0.143. The van der Waals surface area contributed by atoms with Crippen molar-refractivity contribution in [2.75, 3.05) is 18.2 Å². The van der Waals surface area contributed by atoms with E-state index in [-0.39, 0.29) is 12.6 Å². The molecule has 1 unspecified atom stereocenters. The molecule has 0 spiro atoms. The molecule has 5 nitrogen and oxygen atoms in total. The number of aromatic nitrogens is 3. The van der Waals surface area contributed by atoms with Crippen LogP contribution >= 0.6 is 11.8 Å². The number of pyridine rings is 1. The Labute approximate surface area is 161 Å². The lowest BCUT2D eigenvalue weighted by atomic mass is 10.0. The Morgan fingerprint density at radius 1 is 1.07 bits per heavy atom. The molecule has 0 saturated carbocycles. The van der Waals surface area contributed by atoms with Crippen LogP contribution < -0.4 is 5.32 Å². The molecule has 0 aliphatic heterocycles. The van der Waals surface area contributed by atoms with Crippen LogP contribution in [0.25, 0.3) is 22.0 Å². The zero-order chi connectivity index (χ0) is 18.6. The Bertz CT molecular complexity index is 1050. The first kappa shape index (κ1) is 17.6. The average molecular weight is 376 g/mol. The summed E-state index contributed by atoms with van der Waals surface area (Å²) in [5, 5.41) is 22.6. The van der Waals surface area contributed by atoms with Crippen molar-refractivity contribution in [1.82, 2.24) is 15.2 Å².